The smallest absolute Gasteiger partial charge is 0.184 e. The summed E-state index contributed by atoms with van der Waals surface area (Å²) in [5.41, 5.74) is 3.13. The Balaban J connectivity index is 0.000000720. The molecular weight excluding hydrogens is 182 g/mol. The summed E-state index contributed by atoms with van der Waals surface area (Å²) < 4.78 is 2.36. The summed E-state index contributed by atoms with van der Waals surface area (Å²) in [6.45, 7) is 3.32. The van der Waals surface area contributed by atoms with Gasteiger partial charge in [-0.3, -0.25) is 0 Å². The molecule has 0 saturated carbocycles. The maximum atomic E-state index is 2.36. The minimum atomic E-state index is 0. The van der Waals surface area contributed by atoms with Gasteiger partial charge < -0.3 is 12.4 Å². The first kappa shape index (κ1) is 12.4. The Kier molecular flexibility index (Phi) is 5.01. The van der Waals surface area contributed by atoms with Crippen molar-refractivity contribution in [2.75, 3.05) is 0 Å². The number of pyridine rings is 1. The van der Waals surface area contributed by atoms with Crippen LogP contribution in [0.2, 0.25) is 0 Å². The average Bonchev–Trinajstić information content (AvgIpc) is 2.50. The van der Waals surface area contributed by atoms with Gasteiger partial charge in [0.1, 0.15) is 6.54 Å². The maximum Gasteiger partial charge on any atom is 0.184 e. The van der Waals surface area contributed by atoms with E-state index in [1.54, 1.807) is 11.3 Å². The highest BCUT2D eigenvalue weighted by atomic mass is 35.5. The lowest BCUT2D eigenvalue weighted by atomic mass is 10.2. The summed E-state index contributed by atoms with van der Waals surface area (Å²) in [5.74, 6) is 0. The molecule has 0 bridgehead atoms. The molecule has 2 heteroatoms. The van der Waals surface area contributed by atoms with Crippen LogP contribution >= 0.6 is 0 Å². The second kappa shape index (κ2) is 5.23. The Morgan fingerprint density at radius 2 is 2.15 bits per heavy atom. The Bertz CT molecular complexity index is 271. The first-order valence-electron chi connectivity index (χ1n) is 4.42. The highest BCUT2D eigenvalue weighted by Gasteiger charge is 2.19. The number of aromatic nitrogens is 1. The fraction of sp³-hybridized carbons (Fsp3) is 0.545. The van der Waals surface area contributed by atoms with Crippen molar-refractivity contribution in [3.8, 4) is 0 Å². The summed E-state index contributed by atoms with van der Waals surface area (Å²) >= 11 is 0. The van der Waals surface area contributed by atoms with Crippen molar-refractivity contribution in [1.29, 1.82) is 0 Å². The van der Waals surface area contributed by atoms with E-state index in [2.05, 4.69) is 29.8 Å². The molecule has 0 radical (unpaired) electrons. The highest BCUT2D eigenvalue weighted by molar-refractivity contribution is 5.20. The molecule has 1 aliphatic carbocycles. The third kappa shape index (κ3) is 2.22. The van der Waals surface area contributed by atoms with Crippen LogP contribution in [0.1, 0.15) is 32.0 Å². The molecule has 0 aliphatic heterocycles. The van der Waals surface area contributed by atoms with Crippen molar-refractivity contribution in [2.45, 2.75) is 40.2 Å². The largest absolute Gasteiger partial charge is 1.00 e. The van der Waals surface area contributed by atoms with E-state index >= 15 is 0 Å². The molecular formula is C11H18ClN. The molecule has 0 fully saturated rings. The Morgan fingerprint density at radius 1 is 1.38 bits per heavy atom. The quantitative estimate of drug-likeness (QED) is 0.518. The van der Waals surface area contributed by atoms with Crippen molar-refractivity contribution in [3.63, 3.8) is 0 Å². The highest BCUT2D eigenvalue weighted by Crippen LogP contribution is 2.17. The van der Waals surface area contributed by atoms with Crippen LogP contribution in [0, 0.1) is 0 Å². The van der Waals surface area contributed by atoms with Crippen LogP contribution in [0.25, 0.3) is 0 Å². The van der Waals surface area contributed by atoms with E-state index in [4.69, 9.17) is 0 Å². The molecule has 1 nitrogen and oxygen atoms in total. The summed E-state index contributed by atoms with van der Waals surface area (Å²) in [4.78, 5) is 0. The SMILES string of the molecule is C.CC[n+]1cccc2c1CCC2.[Cl-]. The fourth-order valence-corrected chi connectivity index (χ4v) is 1.91. The van der Waals surface area contributed by atoms with E-state index in [1.807, 2.05) is 0 Å². The van der Waals surface area contributed by atoms with E-state index in [9.17, 15) is 0 Å². The topological polar surface area (TPSA) is 3.88 Å². The van der Waals surface area contributed by atoms with E-state index in [1.165, 1.54) is 19.3 Å². The van der Waals surface area contributed by atoms with Gasteiger partial charge in [-0.25, -0.2) is 4.57 Å². The normalized spacial score (nSPS) is 12.7. The first-order chi connectivity index (χ1) is 5.42. The van der Waals surface area contributed by atoms with Crippen molar-refractivity contribution >= 4 is 0 Å². The number of hydrogen-bond donors (Lipinski definition) is 0. The Morgan fingerprint density at radius 3 is 2.85 bits per heavy atom. The van der Waals surface area contributed by atoms with Gasteiger partial charge in [-0.1, -0.05) is 7.43 Å². The van der Waals surface area contributed by atoms with Gasteiger partial charge in [0.05, 0.1) is 0 Å². The molecule has 0 atom stereocenters. The van der Waals surface area contributed by atoms with Gasteiger partial charge in [-0.2, -0.15) is 0 Å². The summed E-state index contributed by atoms with van der Waals surface area (Å²) in [5, 5.41) is 0. The van der Waals surface area contributed by atoms with Gasteiger partial charge in [0.15, 0.2) is 11.9 Å². The zero-order valence-electron chi connectivity index (χ0n) is 7.39. The minimum Gasteiger partial charge on any atom is -1.00 e. The second-order valence-electron chi connectivity index (χ2n) is 3.12. The fourth-order valence-electron chi connectivity index (χ4n) is 1.91. The van der Waals surface area contributed by atoms with Gasteiger partial charge in [0, 0.05) is 18.1 Å². The van der Waals surface area contributed by atoms with Crippen molar-refractivity contribution in [1.82, 2.24) is 0 Å². The standard InChI is InChI=1S/C10H14N.CH4.ClH/c1-2-11-8-4-6-9-5-3-7-10(9)11;;/h4,6,8H,2-3,5,7H2,1H3;1H4;1H/q+1;;/p-1. The molecule has 74 valence electrons. The third-order valence-electron chi connectivity index (χ3n) is 2.48. The van der Waals surface area contributed by atoms with Crippen molar-refractivity contribution in [3.05, 3.63) is 29.6 Å². The maximum absolute atomic E-state index is 2.36. The van der Waals surface area contributed by atoms with E-state index in [0.717, 1.165) is 6.54 Å². The number of nitrogens with zero attached hydrogens (tertiary/aromatic N) is 1. The molecule has 0 amide bonds. The van der Waals surface area contributed by atoms with Gasteiger partial charge in [-0.05, 0) is 25.8 Å². The molecule has 1 heterocycles. The Labute approximate surface area is 87.2 Å². The van der Waals surface area contributed by atoms with Crippen LogP contribution in [-0.4, -0.2) is 0 Å². The molecule has 0 saturated heterocycles. The lowest BCUT2D eigenvalue weighted by molar-refractivity contribution is -0.700. The molecule has 1 aromatic rings. The Hall–Kier alpha value is -0.560. The zero-order valence-corrected chi connectivity index (χ0v) is 8.14. The van der Waals surface area contributed by atoms with Crippen LogP contribution in [0.4, 0.5) is 0 Å². The van der Waals surface area contributed by atoms with Crippen LogP contribution in [0.5, 0.6) is 0 Å². The molecule has 0 N–H and O–H groups in total. The van der Waals surface area contributed by atoms with Crippen LogP contribution < -0.4 is 17.0 Å². The molecule has 0 spiro atoms. The van der Waals surface area contributed by atoms with Gasteiger partial charge in [-0.15, -0.1) is 0 Å². The van der Waals surface area contributed by atoms with Crippen LogP contribution in [0.3, 0.4) is 0 Å². The van der Waals surface area contributed by atoms with Crippen molar-refractivity contribution < 1.29 is 17.0 Å². The van der Waals surface area contributed by atoms with Crippen molar-refractivity contribution in [2.24, 2.45) is 0 Å². The third-order valence-corrected chi connectivity index (χ3v) is 2.48. The lowest BCUT2D eigenvalue weighted by Gasteiger charge is -1.97. The summed E-state index contributed by atoms with van der Waals surface area (Å²) in [6, 6.07) is 4.42. The van der Waals surface area contributed by atoms with Crippen LogP contribution in [0.15, 0.2) is 18.3 Å². The molecule has 0 unspecified atom stereocenters. The zero-order chi connectivity index (χ0) is 7.68. The van der Waals surface area contributed by atoms with Gasteiger partial charge in [0.2, 0.25) is 0 Å². The molecule has 0 aromatic carbocycles. The summed E-state index contributed by atoms with van der Waals surface area (Å²) in [6.07, 6.45) is 6.10. The average molecular weight is 200 g/mol. The van der Waals surface area contributed by atoms with E-state index < -0.39 is 0 Å². The number of fused-ring (bicyclic) bond motifs is 1. The van der Waals surface area contributed by atoms with E-state index in [0.29, 0.717) is 0 Å². The number of halogens is 1. The monoisotopic (exact) mass is 199 g/mol. The molecule has 1 aromatic heterocycles. The van der Waals surface area contributed by atoms with Gasteiger partial charge >= 0.3 is 0 Å². The number of hydrogen-bond acceptors (Lipinski definition) is 0. The summed E-state index contributed by atoms with van der Waals surface area (Å²) in [7, 11) is 0. The van der Waals surface area contributed by atoms with Gasteiger partial charge in [0.25, 0.3) is 0 Å². The molecule has 1 aliphatic rings. The van der Waals surface area contributed by atoms with Crippen LogP contribution in [-0.2, 0) is 19.4 Å². The predicted octanol–water partition coefficient (Wildman–Crippen LogP) is -0.877. The molecule has 13 heavy (non-hydrogen) atoms. The molecule has 2 rings (SSSR count). The number of rotatable bonds is 1. The van der Waals surface area contributed by atoms with E-state index in [-0.39, 0.29) is 19.8 Å². The second-order valence-corrected chi connectivity index (χ2v) is 3.12. The lowest BCUT2D eigenvalue weighted by Crippen LogP contribution is -3.00. The first-order valence-corrected chi connectivity index (χ1v) is 4.42. The number of aryl methyl sites for hydroxylation is 2. The predicted molar refractivity (Wildman–Crippen MR) is 51.1 cm³/mol. The minimum absolute atomic E-state index is 0.